The van der Waals surface area contributed by atoms with Crippen LogP contribution in [0.3, 0.4) is 0 Å². The van der Waals surface area contributed by atoms with E-state index >= 15 is 0 Å². The third kappa shape index (κ3) is 2.84. The van der Waals surface area contributed by atoms with E-state index in [9.17, 15) is 24.6 Å². The fourth-order valence-corrected chi connectivity index (χ4v) is 3.01. The van der Waals surface area contributed by atoms with Gasteiger partial charge in [0.15, 0.2) is 0 Å². The van der Waals surface area contributed by atoms with Crippen LogP contribution < -0.4 is 11.2 Å². The molecule has 1 saturated heterocycles. The number of hydrogen-bond acceptors (Lipinski definition) is 6. The number of benzene rings is 1. The number of aliphatic hydroxyl groups excluding tert-OH is 2. The van der Waals surface area contributed by atoms with E-state index < -0.39 is 41.6 Å². The number of rotatable bonds is 4. The van der Waals surface area contributed by atoms with Gasteiger partial charge in [-0.25, -0.2) is 4.79 Å². The van der Waals surface area contributed by atoms with Gasteiger partial charge in [-0.05, 0) is 6.92 Å². The van der Waals surface area contributed by atoms with Crippen LogP contribution in [0.2, 0.25) is 0 Å². The normalized spacial score (nSPS) is 25.9. The number of ketones is 1. The molecular formula is C17H18N2O6. The standard InChI is InChI=1S/C17H18N2O6/c1-10-8-19(16(24)18-15(10)23)17(7-12(21)13(9-20)25-17)14(22)11-5-3-2-4-6-11/h2-6,8,12-13,20-21H,7,9H2,1H3,(H,18,23,24)/t12-,13+,17-/m0/s1. The Bertz CT molecular complexity index is 903. The Labute approximate surface area is 142 Å². The van der Waals surface area contributed by atoms with Crippen LogP contribution in [-0.4, -0.2) is 44.4 Å². The molecule has 1 aromatic heterocycles. The summed E-state index contributed by atoms with van der Waals surface area (Å²) in [5.74, 6) is -0.545. The number of carbonyl (C=O) groups excluding carboxylic acids is 1. The van der Waals surface area contributed by atoms with Crippen LogP contribution in [0.1, 0.15) is 22.3 Å². The number of nitrogens with one attached hydrogen (secondary N) is 1. The van der Waals surface area contributed by atoms with Gasteiger partial charge in [-0.15, -0.1) is 0 Å². The molecule has 1 aliphatic rings. The van der Waals surface area contributed by atoms with Crippen molar-refractivity contribution < 1.29 is 19.7 Å². The fraction of sp³-hybridized carbons (Fsp3) is 0.353. The summed E-state index contributed by atoms with van der Waals surface area (Å²) < 4.78 is 6.66. The molecule has 0 unspecified atom stereocenters. The maximum Gasteiger partial charge on any atom is 0.331 e. The van der Waals surface area contributed by atoms with Crippen molar-refractivity contribution in [3.63, 3.8) is 0 Å². The van der Waals surface area contributed by atoms with Crippen molar-refractivity contribution in [3.8, 4) is 0 Å². The fourth-order valence-electron chi connectivity index (χ4n) is 3.01. The van der Waals surface area contributed by atoms with Crippen molar-refractivity contribution in [2.24, 2.45) is 0 Å². The van der Waals surface area contributed by atoms with Crippen molar-refractivity contribution in [2.45, 2.75) is 31.3 Å². The first-order valence-electron chi connectivity index (χ1n) is 7.78. The van der Waals surface area contributed by atoms with Crippen LogP contribution in [0, 0.1) is 6.92 Å². The van der Waals surface area contributed by atoms with Crippen molar-refractivity contribution >= 4 is 5.78 Å². The summed E-state index contributed by atoms with van der Waals surface area (Å²) in [5.41, 5.74) is -2.75. The van der Waals surface area contributed by atoms with Gasteiger partial charge in [-0.3, -0.25) is 19.1 Å². The Balaban J connectivity index is 2.21. The summed E-state index contributed by atoms with van der Waals surface area (Å²) in [5, 5.41) is 19.6. The van der Waals surface area contributed by atoms with E-state index in [1.54, 1.807) is 30.3 Å². The largest absolute Gasteiger partial charge is 0.394 e. The molecule has 3 N–H and O–H groups in total. The Morgan fingerprint density at radius 3 is 2.64 bits per heavy atom. The first-order valence-corrected chi connectivity index (χ1v) is 7.78. The predicted octanol–water partition coefficient (Wildman–Crippen LogP) is -0.477. The highest BCUT2D eigenvalue weighted by molar-refractivity contribution is 6.01. The highest BCUT2D eigenvalue weighted by Crippen LogP contribution is 2.37. The monoisotopic (exact) mass is 346 g/mol. The van der Waals surface area contributed by atoms with Crippen molar-refractivity contribution in [1.29, 1.82) is 0 Å². The van der Waals surface area contributed by atoms with Gasteiger partial charge in [0, 0.05) is 23.7 Å². The molecule has 0 amide bonds. The van der Waals surface area contributed by atoms with E-state index in [4.69, 9.17) is 4.74 Å². The second-order valence-corrected chi connectivity index (χ2v) is 6.03. The van der Waals surface area contributed by atoms with Crippen LogP contribution in [0.15, 0.2) is 46.1 Å². The molecule has 0 aliphatic carbocycles. The molecule has 2 aromatic rings. The molecule has 132 valence electrons. The van der Waals surface area contributed by atoms with E-state index in [0.717, 1.165) is 4.57 Å². The molecule has 25 heavy (non-hydrogen) atoms. The molecule has 8 heteroatoms. The van der Waals surface area contributed by atoms with E-state index in [0.29, 0.717) is 0 Å². The number of Topliss-reactive ketones (excluding diaryl/α,β-unsaturated/α-hetero) is 1. The van der Waals surface area contributed by atoms with Gasteiger partial charge in [-0.2, -0.15) is 0 Å². The third-order valence-corrected chi connectivity index (χ3v) is 4.34. The smallest absolute Gasteiger partial charge is 0.331 e. The van der Waals surface area contributed by atoms with Crippen LogP contribution in [0.4, 0.5) is 0 Å². The summed E-state index contributed by atoms with van der Waals surface area (Å²) in [7, 11) is 0. The lowest BCUT2D eigenvalue weighted by molar-refractivity contribution is -0.0937. The van der Waals surface area contributed by atoms with Crippen molar-refractivity contribution in [3.05, 3.63) is 68.5 Å². The molecule has 2 heterocycles. The van der Waals surface area contributed by atoms with Crippen LogP contribution >= 0.6 is 0 Å². The molecule has 0 radical (unpaired) electrons. The zero-order valence-corrected chi connectivity index (χ0v) is 13.5. The topological polar surface area (TPSA) is 122 Å². The molecule has 1 aromatic carbocycles. The third-order valence-electron chi connectivity index (χ3n) is 4.34. The Morgan fingerprint density at radius 1 is 1.36 bits per heavy atom. The van der Waals surface area contributed by atoms with E-state index in [1.807, 2.05) is 0 Å². The number of hydrogen-bond donors (Lipinski definition) is 3. The SMILES string of the molecule is Cc1cn([C@@]2(C(=O)c3ccccc3)C[C@H](O)[C@@H](CO)O2)c(=O)[nH]c1=O. The van der Waals surface area contributed by atoms with Crippen LogP contribution in [0.5, 0.6) is 0 Å². The summed E-state index contributed by atoms with van der Waals surface area (Å²) in [6, 6.07) is 8.19. The second-order valence-electron chi connectivity index (χ2n) is 6.03. The average Bonchev–Trinajstić information content (AvgIpc) is 2.95. The van der Waals surface area contributed by atoms with Gasteiger partial charge in [0.2, 0.25) is 11.5 Å². The number of nitrogens with zero attached hydrogens (tertiary/aromatic N) is 1. The number of H-pyrrole nitrogens is 1. The van der Waals surface area contributed by atoms with E-state index in [2.05, 4.69) is 4.98 Å². The predicted molar refractivity (Wildman–Crippen MR) is 87.4 cm³/mol. The lowest BCUT2D eigenvalue weighted by atomic mass is 9.96. The van der Waals surface area contributed by atoms with Crippen molar-refractivity contribution in [2.75, 3.05) is 6.61 Å². The maximum absolute atomic E-state index is 13.2. The Kier molecular flexibility index (Phi) is 4.42. The highest BCUT2D eigenvalue weighted by Gasteiger charge is 2.53. The summed E-state index contributed by atoms with van der Waals surface area (Å²) in [6.07, 6.45) is -1.16. The lowest BCUT2D eigenvalue weighted by Gasteiger charge is -2.29. The summed E-state index contributed by atoms with van der Waals surface area (Å²) in [4.78, 5) is 39.3. The second kappa shape index (κ2) is 6.40. The van der Waals surface area contributed by atoms with Gasteiger partial charge >= 0.3 is 5.69 Å². The highest BCUT2D eigenvalue weighted by atomic mass is 16.6. The van der Waals surface area contributed by atoms with Gasteiger partial charge in [0.25, 0.3) is 5.56 Å². The average molecular weight is 346 g/mol. The molecule has 1 fully saturated rings. The molecular weight excluding hydrogens is 328 g/mol. The van der Waals surface area contributed by atoms with E-state index in [1.165, 1.54) is 13.1 Å². The zero-order valence-electron chi connectivity index (χ0n) is 13.5. The van der Waals surface area contributed by atoms with Crippen LogP contribution in [-0.2, 0) is 10.5 Å². The van der Waals surface area contributed by atoms with Crippen LogP contribution in [0.25, 0.3) is 0 Å². The minimum atomic E-state index is -1.85. The number of ether oxygens (including phenoxy) is 1. The maximum atomic E-state index is 13.2. The van der Waals surface area contributed by atoms with Gasteiger partial charge in [0.05, 0.1) is 12.7 Å². The number of aryl methyl sites for hydroxylation is 1. The Morgan fingerprint density at radius 2 is 2.04 bits per heavy atom. The lowest BCUT2D eigenvalue weighted by Crippen LogP contribution is -2.50. The first-order chi connectivity index (χ1) is 11.9. The van der Waals surface area contributed by atoms with E-state index in [-0.39, 0.29) is 17.5 Å². The van der Waals surface area contributed by atoms with Crippen molar-refractivity contribution in [1.82, 2.24) is 9.55 Å². The quantitative estimate of drug-likeness (QED) is 0.643. The summed E-state index contributed by atoms with van der Waals surface area (Å²) >= 11 is 0. The number of aromatic nitrogens is 2. The molecule has 3 rings (SSSR count). The van der Waals surface area contributed by atoms with Gasteiger partial charge in [0.1, 0.15) is 6.10 Å². The van der Waals surface area contributed by atoms with Gasteiger partial charge in [-0.1, -0.05) is 30.3 Å². The minimum Gasteiger partial charge on any atom is -0.394 e. The number of aliphatic hydroxyl groups is 2. The number of carbonyl (C=O) groups is 1. The first kappa shape index (κ1) is 17.3. The molecule has 0 bridgehead atoms. The molecule has 1 aliphatic heterocycles. The molecule has 0 saturated carbocycles. The van der Waals surface area contributed by atoms with Gasteiger partial charge < -0.3 is 14.9 Å². The molecule has 3 atom stereocenters. The minimum absolute atomic E-state index is 0.213. The Hall–Kier alpha value is -2.55. The molecule has 0 spiro atoms. The molecule has 8 nitrogen and oxygen atoms in total. The number of aromatic amines is 1. The summed E-state index contributed by atoms with van der Waals surface area (Å²) in [6.45, 7) is 0.979. The zero-order chi connectivity index (χ0) is 18.2.